The van der Waals surface area contributed by atoms with Crippen LogP contribution in [-0.2, 0) is 4.74 Å². The molecule has 5 heteroatoms. The average molecular weight is 212 g/mol. The third kappa shape index (κ3) is 2.38. The van der Waals surface area contributed by atoms with Gasteiger partial charge in [0.05, 0.1) is 0 Å². The van der Waals surface area contributed by atoms with E-state index < -0.39 is 5.97 Å². The number of aromatic carboxylic acids is 1. The summed E-state index contributed by atoms with van der Waals surface area (Å²) < 4.78 is 9.82. The van der Waals surface area contributed by atoms with Crippen molar-refractivity contribution in [3.63, 3.8) is 0 Å². The van der Waals surface area contributed by atoms with E-state index in [0.29, 0.717) is 11.3 Å². The zero-order valence-corrected chi connectivity index (χ0v) is 8.48. The Morgan fingerprint density at radius 2 is 2.13 bits per heavy atom. The molecule has 15 heavy (non-hydrogen) atoms. The first-order valence-corrected chi connectivity index (χ1v) is 4.25. The molecule has 0 bridgehead atoms. The van der Waals surface area contributed by atoms with Gasteiger partial charge in [0, 0.05) is 12.7 Å². The maximum absolute atomic E-state index is 10.7. The summed E-state index contributed by atoms with van der Waals surface area (Å²) in [6.07, 6.45) is 0. The Bertz CT molecular complexity index is 372. The van der Waals surface area contributed by atoms with Crippen LogP contribution in [0.25, 0.3) is 0 Å². The van der Waals surface area contributed by atoms with E-state index in [1.807, 2.05) is 0 Å². The topological polar surface area (TPSA) is 76.0 Å². The Labute approximate surface area is 86.9 Å². The molecule has 0 fully saturated rings. The van der Waals surface area contributed by atoms with Gasteiger partial charge in [0.1, 0.15) is 17.1 Å². The van der Waals surface area contributed by atoms with Crippen molar-refractivity contribution in [2.24, 2.45) is 0 Å². The molecule has 0 unspecified atom stereocenters. The third-order valence-electron chi connectivity index (χ3n) is 1.94. The number of carbonyl (C=O) groups is 1. The van der Waals surface area contributed by atoms with E-state index in [2.05, 4.69) is 0 Å². The highest BCUT2D eigenvalue weighted by Gasteiger charge is 2.14. The predicted molar refractivity (Wildman–Crippen MR) is 52.3 cm³/mol. The summed E-state index contributed by atoms with van der Waals surface area (Å²) in [5, 5.41) is 18.3. The van der Waals surface area contributed by atoms with Crippen molar-refractivity contribution in [1.82, 2.24) is 0 Å². The summed E-state index contributed by atoms with van der Waals surface area (Å²) in [7, 11) is 1.47. The third-order valence-corrected chi connectivity index (χ3v) is 1.94. The molecule has 1 rings (SSSR count). The van der Waals surface area contributed by atoms with Gasteiger partial charge < -0.3 is 19.7 Å². The predicted octanol–water partition coefficient (Wildman–Crippen LogP) is 1.38. The van der Waals surface area contributed by atoms with Crippen molar-refractivity contribution >= 4 is 5.97 Å². The van der Waals surface area contributed by atoms with Gasteiger partial charge in [-0.05, 0) is 19.1 Å². The van der Waals surface area contributed by atoms with E-state index >= 15 is 0 Å². The van der Waals surface area contributed by atoms with Gasteiger partial charge >= 0.3 is 5.97 Å². The van der Waals surface area contributed by atoms with E-state index in [9.17, 15) is 9.90 Å². The van der Waals surface area contributed by atoms with Crippen LogP contribution >= 0.6 is 0 Å². The molecule has 0 amide bonds. The Balaban J connectivity index is 3.04. The normalized spacial score (nSPS) is 10.0. The Morgan fingerprint density at radius 1 is 1.47 bits per heavy atom. The minimum atomic E-state index is -1.17. The number of carboxylic acids is 1. The SMILES string of the molecule is COCOc1ccc(C(=O)O)c(O)c1C. The van der Waals surface area contributed by atoms with Crippen molar-refractivity contribution in [1.29, 1.82) is 0 Å². The molecular weight excluding hydrogens is 200 g/mol. The van der Waals surface area contributed by atoms with Crippen LogP contribution in [0.3, 0.4) is 0 Å². The number of aromatic hydroxyl groups is 1. The maximum atomic E-state index is 10.7. The molecule has 0 radical (unpaired) electrons. The molecule has 0 heterocycles. The molecule has 2 N–H and O–H groups in total. The number of carboxylic acid groups (broad SMARTS) is 1. The summed E-state index contributed by atoms with van der Waals surface area (Å²) in [5.74, 6) is -1.05. The molecular formula is C10H12O5. The van der Waals surface area contributed by atoms with E-state index in [4.69, 9.17) is 14.6 Å². The van der Waals surface area contributed by atoms with E-state index in [1.54, 1.807) is 6.92 Å². The summed E-state index contributed by atoms with van der Waals surface area (Å²) >= 11 is 0. The van der Waals surface area contributed by atoms with Crippen LogP contribution in [0.5, 0.6) is 11.5 Å². The molecule has 0 saturated carbocycles. The quantitative estimate of drug-likeness (QED) is 0.737. The lowest BCUT2D eigenvalue weighted by Gasteiger charge is -2.10. The van der Waals surface area contributed by atoms with E-state index in [-0.39, 0.29) is 18.1 Å². The zero-order chi connectivity index (χ0) is 11.4. The summed E-state index contributed by atoms with van der Waals surface area (Å²) in [5.41, 5.74) is 0.240. The monoisotopic (exact) mass is 212 g/mol. The van der Waals surface area contributed by atoms with E-state index in [0.717, 1.165) is 0 Å². The molecule has 0 aromatic heterocycles. The van der Waals surface area contributed by atoms with Gasteiger partial charge in [-0.1, -0.05) is 0 Å². The number of rotatable bonds is 4. The largest absolute Gasteiger partial charge is 0.507 e. The Morgan fingerprint density at radius 3 is 2.67 bits per heavy atom. The van der Waals surface area contributed by atoms with Crippen molar-refractivity contribution in [2.45, 2.75) is 6.92 Å². The molecule has 82 valence electrons. The highest BCUT2D eigenvalue weighted by Crippen LogP contribution is 2.30. The van der Waals surface area contributed by atoms with Crippen LogP contribution in [0.15, 0.2) is 12.1 Å². The van der Waals surface area contributed by atoms with Gasteiger partial charge in [-0.25, -0.2) is 4.79 Å². The number of benzene rings is 1. The maximum Gasteiger partial charge on any atom is 0.339 e. The number of phenols is 1. The first-order chi connectivity index (χ1) is 7.07. The zero-order valence-electron chi connectivity index (χ0n) is 8.48. The van der Waals surface area contributed by atoms with Gasteiger partial charge in [-0.2, -0.15) is 0 Å². The van der Waals surface area contributed by atoms with Gasteiger partial charge in [0.15, 0.2) is 6.79 Å². The molecule has 1 aromatic carbocycles. The first kappa shape index (κ1) is 11.3. The lowest BCUT2D eigenvalue weighted by Crippen LogP contribution is -2.03. The van der Waals surface area contributed by atoms with Gasteiger partial charge in [-0.3, -0.25) is 0 Å². The fourth-order valence-electron chi connectivity index (χ4n) is 1.13. The summed E-state index contributed by atoms with van der Waals surface area (Å²) in [6, 6.07) is 2.77. The van der Waals surface area contributed by atoms with Gasteiger partial charge in [0.2, 0.25) is 0 Å². The van der Waals surface area contributed by atoms with Crippen molar-refractivity contribution < 1.29 is 24.5 Å². The molecule has 0 spiro atoms. The van der Waals surface area contributed by atoms with Crippen LogP contribution in [0.1, 0.15) is 15.9 Å². The lowest BCUT2D eigenvalue weighted by atomic mass is 10.1. The summed E-state index contributed by atoms with van der Waals surface area (Å²) in [4.78, 5) is 10.7. The van der Waals surface area contributed by atoms with Gasteiger partial charge in [-0.15, -0.1) is 0 Å². The average Bonchev–Trinajstić information content (AvgIpc) is 2.20. The number of hydrogen-bond donors (Lipinski definition) is 2. The Hall–Kier alpha value is -1.75. The minimum Gasteiger partial charge on any atom is -0.507 e. The number of methoxy groups -OCH3 is 1. The molecule has 0 atom stereocenters. The number of ether oxygens (including phenoxy) is 2. The Kier molecular flexibility index (Phi) is 3.51. The van der Waals surface area contributed by atoms with Crippen LogP contribution in [-0.4, -0.2) is 30.1 Å². The second-order valence-corrected chi connectivity index (χ2v) is 2.94. The van der Waals surface area contributed by atoms with Crippen LogP contribution in [0, 0.1) is 6.92 Å². The molecule has 5 nitrogen and oxygen atoms in total. The van der Waals surface area contributed by atoms with E-state index in [1.165, 1.54) is 19.2 Å². The first-order valence-electron chi connectivity index (χ1n) is 4.25. The van der Waals surface area contributed by atoms with Crippen LogP contribution in [0.2, 0.25) is 0 Å². The fourth-order valence-corrected chi connectivity index (χ4v) is 1.13. The second-order valence-electron chi connectivity index (χ2n) is 2.94. The number of hydrogen-bond acceptors (Lipinski definition) is 4. The summed E-state index contributed by atoms with van der Waals surface area (Å²) in [6.45, 7) is 1.62. The molecule has 0 saturated heterocycles. The molecule has 0 aliphatic carbocycles. The van der Waals surface area contributed by atoms with Gasteiger partial charge in [0.25, 0.3) is 0 Å². The smallest absolute Gasteiger partial charge is 0.339 e. The highest BCUT2D eigenvalue weighted by molar-refractivity contribution is 5.91. The molecule has 1 aromatic rings. The highest BCUT2D eigenvalue weighted by atomic mass is 16.7. The van der Waals surface area contributed by atoms with Crippen molar-refractivity contribution in [3.05, 3.63) is 23.3 Å². The van der Waals surface area contributed by atoms with Crippen LogP contribution in [0.4, 0.5) is 0 Å². The molecule has 0 aliphatic heterocycles. The molecule has 0 aliphatic rings. The second kappa shape index (κ2) is 4.65. The van der Waals surface area contributed by atoms with Crippen molar-refractivity contribution in [2.75, 3.05) is 13.9 Å². The van der Waals surface area contributed by atoms with Crippen LogP contribution < -0.4 is 4.74 Å². The standard InChI is InChI=1S/C10H12O5/c1-6-8(15-5-14-2)4-3-7(9(6)11)10(12)13/h3-4,11H,5H2,1-2H3,(H,12,13). The van der Waals surface area contributed by atoms with Crippen molar-refractivity contribution in [3.8, 4) is 11.5 Å². The fraction of sp³-hybridized carbons (Fsp3) is 0.300. The lowest BCUT2D eigenvalue weighted by molar-refractivity contribution is 0.0504. The minimum absolute atomic E-state index is 0.0483.